The van der Waals surface area contributed by atoms with E-state index in [0.29, 0.717) is 36.4 Å². The molecule has 0 saturated carbocycles. The Morgan fingerprint density at radius 3 is 2.44 bits per heavy atom. The van der Waals surface area contributed by atoms with Crippen LogP contribution in [0.4, 0.5) is 26.3 Å². The molecule has 2 aromatic heterocycles. The number of amides is 1. The first-order valence-electron chi connectivity index (χ1n) is 10.3. The van der Waals surface area contributed by atoms with Crippen LogP contribution in [0.15, 0.2) is 53.2 Å². The highest BCUT2D eigenvalue weighted by molar-refractivity contribution is 5.94. The molecule has 0 radical (unpaired) electrons. The van der Waals surface area contributed by atoms with Crippen LogP contribution in [0.25, 0.3) is 33.7 Å². The average molecular weight is 512 g/mol. The molecule has 4 aromatic rings. The first-order valence-corrected chi connectivity index (χ1v) is 10.3. The maximum Gasteiger partial charge on any atom is 0.427 e. The second-order valence-electron chi connectivity index (χ2n) is 8.39. The topological polar surface area (TPSA) is 96.2 Å². The number of aromatic nitrogens is 3. The number of fused-ring (bicyclic) bond motifs is 1. The number of carbonyl (C=O) groups excluding carboxylic acids is 1. The largest absolute Gasteiger partial charge is 0.478 e. The Morgan fingerprint density at radius 1 is 1.08 bits per heavy atom. The lowest BCUT2D eigenvalue weighted by Gasteiger charge is -2.30. The second kappa shape index (κ2) is 8.57. The number of hydrogen-bond donors (Lipinski definition) is 1. The van der Waals surface area contributed by atoms with E-state index in [1.807, 2.05) is 0 Å². The minimum absolute atomic E-state index is 0.0551. The SMILES string of the molecule is CC(C)(Oc1ccc(-c2nc(-c3cccc4c3ccn4CC(N)=O)no2)cc1C(F)(F)F)C(F)(F)F. The zero-order valence-electron chi connectivity index (χ0n) is 18.7. The lowest BCUT2D eigenvalue weighted by Crippen LogP contribution is -2.44. The van der Waals surface area contributed by atoms with Gasteiger partial charge in [0, 0.05) is 28.2 Å². The Morgan fingerprint density at radius 2 is 1.81 bits per heavy atom. The van der Waals surface area contributed by atoms with Crippen LogP contribution >= 0.6 is 0 Å². The van der Waals surface area contributed by atoms with Gasteiger partial charge in [0.2, 0.25) is 11.7 Å². The summed E-state index contributed by atoms with van der Waals surface area (Å²) in [6, 6.07) is 9.21. The summed E-state index contributed by atoms with van der Waals surface area (Å²) in [6.07, 6.45) is -8.30. The summed E-state index contributed by atoms with van der Waals surface area (Å²) in [4.78, 5) is 15.5. The molecular weight excluding hydrogens is 494 g/mol. The van der Waals surface area contributed by atoms with Crippen LogP contribution in [-0.2, 0) is 17.5 Å². The van der Waals surface area contributed by atoms with Crippen molar-refractivity contribution in [3.8, 4) is 28.6 Å². The van der Waals surface area contributed by atoms with Gasteiger partial charge in [-0.3, -0.25) is 4.79 Å². The van der Waals surface area contributed by atoms with Crippen molar-refractivity contribution in [2.24, 2.45) is 5.73 Å². The summed E-state index contributed by atoms with van der Waals surface area (Å²) in [7, 11) is 0. The third-order valence-corrected chi connectivity index (χ3v) is 5.39. The molecular formula is C23H18F6N4O3. The van der Waals surface area contributed by atoms with Crippen LogP contribution in [0.3, 0.4) is 0 Å². The van der Waals surface area contributed by atoms with Gasteiger partial charge in [-0.25, -0.2) is 0 Å². The summed E-state index contributed by atoms with van der Waals surface area (Å²) >= 11 is 0. The predicted molar refractivity (Wildman–Crippen MR) is 116 cm³/mol. The van der Waals surface area contributed by atoms with Gasteiger partial charge in [0.05, 0.1) is 5.56 Å². The Labute approximate surface area is 199 Å². The molecule has 0 unspecified atom stereocenters. The number of primary amides is 1. The molecule has 2 N–H and O–H groups in total. The molecule has 7 nitrogen and oxygen atoms in total. The fourth-order valence-corrected chi connectivity index (χ4v) is 3.48. The molecule has 2 heterocycles. The highest BCUT2D eigenvalue weighted by atomic mass is 19.4. The zero-order chi connectivity index (χ0) is 26.5. The van der Waals surface area contributed by atoms with Crippen molar-refractivity contribution in [2.75, 3.05) is 0 Å². The quantitative estimate of drug-likeness (QED) is 0.340. The van der Waals surface area contributed by atoms with Gasteiger partial charge in [0.25, 0.3) is 5.89 Å². The van der Waals surface area contributed by atoms with Crippen molar-refractivity contribution in [3.63, 3.8) is 0 Å². The normalized spacial score (nSPS) is 12.8. The van der Waals surface area contributed by atoms with Gasteiger partial charge in [-0.15, -0.1) is 0 Å². The molecule has 0 aliphatic carbocycles. The summed E-state index contributed by atoms with van der Waals surface area (Å²) in [6.45, 7) is 1.19. The van der Waals surface area contributed by atoms with Crippen molar-refractivity contribution in [2.45, 2.75) is 38.3 Å². The van der Waals surface area contributed by atoms with Crippen LogP contribution in [0.1, 0.15) is 19.4 Å². The average Bonchev–Trinajstić information content (AvgIpc) is 3.39. The van der Waals surface area contributed by atoms with Gasteiger partial charge in [-0.05, 0) is 44.2 Å². The van der Waals surface area contributed by atoms with E-state index in [1.165, 1.54) is 0 Å². The van der Waals surface area contributed by atoms with E-state index < -0.39 is 35.2 Å². The lowest BCUT2D eigenvalue weighted by molar-refractivity contribution is -0.236. The molecule has 0 saturated heterocycles. The number of nitrogens with zero attached hydrogens (tertiary/aromatic N) is 3. The van der Waals surface area contributed by atoms with E-state index in [-0.39, 0.29) is 23.8 Å². The molecule has 2 aromatic carbocycles. The molecule has 0 fully saturated rings. The van der Waals surface area contributed by atoms with Crippen molar-refractivity contribution >= 4 is 16.8 Å². The molecule has 4 rings (SSSR count). The minimum atomic E-state index is -5.02. The summed E-state index contributed by atoms with van der Waals surface area (Å²) in [5.41, 5.74) is 1.92. The highest BCUT2D eigenvalue weighted by Gasteiger charge is 2.51. The van der Waals surface area contributed by atoms with Crippen LogP contribution in [0.2, 0.25) is 0 Å². The molecule has 0 atom stereocenters. The number of alkyl halides is 6. The van der Waals surface area contributed by atoms with Crippen LogP contribution in [0, 0.1) is 0 Å². The molecule has 13 heteroatoms. The van der Waals surface area contributed by atoms with Crippen molar-refractivity contribution in [3.05, 3.63) is 54.2 Å². The van der Waals surface area contributed by atoms with Crippen LogP contribution in [0.5, 0.6) is 5.75 Å². The number of halogens is 6. The Balaban J connectivity index is 1.72. The monoisotopic (exact) mass is 512 g/mol. The first kappa shape index (κ1) is 25.1. The van der Waals surface area contributed by atoms with Gasteiger partial charge in [-0.2, -0.15) is 31.3 Å². The number of benzene rings is 2. The molecule has 190 valence electrons. The van der Waals surface area contributed by atoms with E-state index in [4.69, 9.17) is 15.0 Å². The highest BCUT2D eigenvalue weighted by Crippen LogP contribution is 2.42. The van der Waals surface area contributed by atoms with Crippen molar-refractivity contribution in [1.29, 1.82) is 0 Å². The Hall–Kier alpha value is -4.03. The standard InChI is InChI=1S/C23H18F6N4O3/c1-21(2,23(27,28)29)35-17-7-6-12(10-15(17)22(24,25)26)20-31-19(32-36-20)14-4-3-5-16-13(14)8-9-33(16)11-18(30)34/h3-10H,11H2,1-2H3,(H2,30,34). The third-order valence-electron chi connectivity index (χ3n) is 5.39. The van der Waals surface area contributed by atoms with Gasteiger partial charge in [0.1, 0.15) is 12.3 Å². The molecule has 1 amide bonds. The molecule has 0 aliphatic rings. The Kier molecular flexibility index (Phi) is 5.97. The summed E-state index contributed by atoms with van der Waals surface area (Å²) < 4.78 is 92.1. The number of hydrogen-bond acceptors (Lipinski definition) is 5. The van der Waals surface area contributed by atoms with E-state index in [2.05, 4.69) is 10.1 Å². The molecule has 0 spiro atoms. The molecule has 36 heavy (non-hydrogen) atoms. The maximum absolute atomic E-state index is 13.7. The van der Waals surface area contributed by atoms with Gasteiger partial charge >= 0.3 is 12.4 Å². The smallest absolute Gasteiger partial charge is 0.427 e. The van der Waals surface area contributed by atoms with Crippen LogP contribution in [-0.4, -0.2) is 32.4 Å². The predicted octanol–water partition coefficient (Wildman–Crippen LogP) is 5.58. The van der Waals surface area contributed by atoms with Crippen molar-refractivity contribution in [1.82, 2.24) is 14.7 Å². The summed E-state index contributed by atoms with van der Waals surface area (Å²) in [5.74, 6) is -1.77. The zero-order valence-corrected chi connectivity index (χ0v) is 18.7. The lowest BCUT2D eigenvalue weighted by atomic mass is 10.1. The maximum atomic E-state index is 13.7. The van der Waals surface area contributed by atoms with E-state index in [1.54, 1.807) is 35.0 Å². The summed E-state index contributed by atoms with van der Waals surface area (Å²) in [5, 5.41) is 4.48. The third kappa shape index (κ3) is 4.72. The first-order chi connectivity index (χ1) is 16.7. The number of ether oxygens (including phenoxy) is 1. The second-order valence-corrected chi connectivity index (χ2v) is 8.39. The van der Waals surface area contributed by atoms with Gasteiger partial charge in [0.15, 0.2) is 5.60 Å². The van der Waals surface area contributed by atoms with Gasteiger partial charge < -0.3 is 19.6 Å². The van der Waals surface area contributed by atoms with E-state index in [9.17, 15) is 31.1 Å². The van der Waals surface area contributed by atoms with E-state index in [0.717, 1.165) is 12.1 Å². The van der Waals surface area contributed by atoms with Crippen molar-refractivity contribution < 1.29 is 40.4 Å². The van der Waals surface area contributed by atoms with Crippen LogP contribution < -0.4 is 10.5 Å². The van der Waals surface area contributed by atoms with E-state index >= 15 is 0 Å². The molecule has 0 aliphatic heterocycles. The number of nitrogens with two attached hydrogens (primary N) is 1. The van der Waals surface area contributed by atoms with Gasteiger partial charge in [-0.1, -0.05) is 17.3 Å². The Bertz CT molecular complexity index is 1440. The molecule has 0 bridgehead atoms. The fourth-order valence-electron chi connectivity index (χ4n) is 3.48. The fraction of sp³-hybridized carbons (Fsp3) is 0.261. The minimum Gasteiger partial charge on any atom is -0.478 e. The number of rotatable bonds is 6. The number of carbonyl (C=O) groups is 1.